The van der Waals surface area contributed by atoms with Gasteiger partial charge in [0.25, 0.3) is 0 Å². The molecule has 1 aliphatic heterocycles. The first-order chi connectivity index (χ1) is 6.47. The summed E-state index contributed by atoms with van der Waals surface area (Å²) in [6, 6.07) is 11.2. The largest absolute Gasteiger partial charge is 0.315 e. The van der Waals surface area contributed by atoms with Crippen molar-refractivity contribution in [1.82, 2.24) is 10.6 Å². The van der Waals surface area contributed by atoms with Gasteiger partial charge in [-0.3, -0.25) is 0 Å². The maximum absolute atomic E-state index is 3.54. The van der Waals surface area contributed by atoms with Gasteiger partial charge in [-0.25, -0.2) is 0 Å². The highest BCUT2D eigenvalue weighted by molar-refractivity contribution is 5.19. The molecule has 0 aliphatic carbocycles. The molecule has 2 nitrogen and oxygen atoms in total. The van der Waals surface area contributed by atoms with E-state index >= 15 is 0 Å². The number of benzene rings is 1. The number of rotatable bonds is 1. The lowest BCUT2D eigenvalue weighted by Crippen LogP contribution is -2.23. The summed E-state index contributed by atoms with van der Waals surface area (Å²) >= 11 is 0. The zero-order valence-electron chi connectivity index (χ0n) is 7.79. The van der Waals surface area contributed by atoms with E-state index in [1.807, 2.05) is 0 Å². The molecule has 1 aromatic carbocycles. The summed E-state index contributed by atoms with van der Waals surface area (Å²) in [4.78, 5) is 0. The molecule has 2 heteroatoms. The highest BCUT2D eigenvalue weighted by Gasteiger charge is 2.11. The van der Waals surface area contributed by atoms with Gasteiger partial charge >= 0.3 is 0 Å². The van der Waals surface area contributed by atoms with Crippen molar-refractivity contribution >= 4 is 0 Å². The second-order valence-electron chi connectivity index (χ2n) is 3.46. The molecule has 70 valence electrons. The van der Waals surface area contributed by atoms with Gasteiger partial charge in [-0.2, -0.15) is 0 Å². The Morgan fingerprint density at radius 3 is 2.69 bits per heavy atom. The molecule has 2 N–H and O–H groups in total. The molecule has 0 spiro atoms. The number of hydrogen-bond acceptors (Lipinski definition) is 2. The van der Waals surface area contributed by atoms with Crippen molar-refractivity contribution in [2.24, 2.45) is 0 Å². The predicted molar refractivity (Wildman–Crippen MR) is 54.7 cm³/mol. The van der Waals surface area contributed by atoms with Crippen LogP contribution in [0.2, 0.25) is 0 Å². The van der Waals surface area contributed by atoms with Crippen molar-refractivity contribution in [3.05, 3.63) is 35.9 Å². The standard InChI is InChI=1S/C11H16N2/c1-2-4-10(5-3-1)11-6-7-12-8-9-13-11/h1-5,11-13H,6-9H2/t11-/m0/s1. The fourth-order valence-corrected chi connectivity index (χ4v) is 1.78. The molecular weight excluding hydrogens is 160 g/mol. The Morgan fingerprint density at radius 2 is 1.85 bits per heavy atom. The lowest BCUT2D eigenvalue weighted by atomic mass is 10.0. The molecule has 0 bridgehead atoms. The van der Waals surface area contributed by atoms with Gasteiger partial charge in [0.05, 0.1) is 0 Å². The summed E-state index contributed by atoms with van der Waals surface area (Å²) in [5, 5.41) is 6.92. The van der Waals surface area contributed by atoms with E-state index in [0.717, 1.165) is 19.6 Å². The van der Waals surface area contributed by atoms with Gasteiger partial charge in [-0.1, -0.05) is 30.3 Å². The first kappa shape index (κ1) is 8.73. The van der Waals surface area contributed by atoms with Crippen molar-refractivity contribution in [2.75, 3.05) is 19.6 Å². The third-order valence-electron chi connectivity index (χ3n) is 2.50. The fourth-order valence-electron chi connectivity index (χ4n) is 1.78. The van der Waals surface area contributed by atoms with Crippen LogP contribution in [0.5, 0.6) is 0 Å². The van der Waals surface area contributed by atoms with Crippen LogP contribution in [0.15, 0.2) is 30.3 Å². The van der Waals surface area contributed by atoms with E-state index in [9.17, 15) is 0 Å². The summed E-state index contributed by atoms with van der Waals surface area (Å²) in [6.45, 7) is 3.27. The molecular formula is C11H16N2. The summed E-state index contributed by atoms with van der Waals surface area (Å²) in [6.07, 6.45) is 1.18. The second kappa shape index (κ2) is 4.40. The molecule has 0 unspecified atom stereocenters. The molecule has 2 rings (SSSR count). The maximum Gasteiger partial charge on any atom is 0.0332 e. The van der Waals surface area contributed by atoms with Gasteiger partial charge in [-0.15, -0.1) is 0 Å². The van der Waals surface area contributed by atoms with Crippen molar-refractivity contribution in [3.63, 3.8) is 0 Å². The Balaban J connectivity index is 2.06. The first-order valence-corrected chi connectivity index (χ1v) is 4.96. The molecule has 0 radical (unpaired) electrons. The molecule has 1 aliphatic rings. The monoisotopic (exact) mass is 176 g/mol. The third kappa shape index (κ3) is 2.29. The number of hydrogen-bond donors (Lipinski definition) is 2. The Labute approximate surface area is 79.4 Å². The second-order valence-corrected chi connectivity index (χ2v) is 3.46. The zero-order chi connectivity index (χ0) is 8.93. The minimum Gasteiger partial charge on any atom is -0.315 e. The average molecular weight is 176 g/mol. The minimum absolute atomic E-state index is 0.538. The van der Waals surface area contributed by atoms with E-state index in [0.29, 0.717) is 6.04 Å². The van der Waals surface area contributed by atoms with Gasteiger partial charge < -0.3 is 10.6 Å². The van der Waals surface area contributed by atoms with Crippen LogP contribution in [0, 0.1) is 0 Å². The Hall–Kier alpha value is -0.860. The summed E-state index contributed by atoms with van der Waals surface area (Å²) in [5.74, 6) is 0. The van der Waals surface area contributed by atoms with Gasteiger partial charge in [0.15, 0.2) is 0 Å². The summed E-state index contributed by atoms with van der Waals surface area (Å²) in [7, 11) is 0. The smallest absolute Gasteiger partial charge is 0.0332 e. The maximum atomic E-state index is 3.54. The van der Waals surface area contributed by atoms with Gasteiger partial charge in [0, 0.05) is 19.1 Å². The highest BCUT2D eigenvalue weighted by atomic mass is 15.0. The predicted octanol–water partition coefficient (Wildman–Crippen LogP) is 1.31. The van der Waals surface area contributed by atoms with Crippen LogP contribution in [0.4, 0.5) is 0 Å². The molecule has 0 amide bonds. The van der Waals surface area contributed by atoms with E-state index in [1.54, 1.807) is 0 Å². The molecule has 1 atom stereocenters. The molecule has 1 aromatic rings. The zero-order valence-corrected chi connectivity index (χ0v) is 7.79. The van der Waals surface area contributed by atoms with Crippen LogP contribution in [0.3, 0.4) is 0 Å². The van der Waals surface area contributed by atoms with Crippen molar-refractivity contribution in [1.29, 1.82) is 0 Å². The quantitative estimate of drug-likeness (QED) is 0.674. The van der Waals surface area contributed by atoms with E-state index in [1.165, 1.54) is 12.0 Å². The minimum atomic E-state index is 0.538. The average Bonchev–Trinajstić information content (AvgIpc) is 2.47. The van der Waals surface area contributed by atoms with Crippen LogP contribution < -0.4 is 10.6 Å². The Morgan fingerprint density at radius 1 is 1.00 bits per heavy atom. The van der Waals surface area contributed by atoms with Gasteiger partial charge in [-0.05, 0) is 18.5 Å². The van der Waals surface area contributed by atoms with Crippen molar-refractivity contribution in [3.8, 4) is 0 Å². The van der Waals surface area contributed by atoms with Gasteiger partial charge in [0.2, 0.25) is 0 Å². The molecule has 1 fully saturated rings. The summed E-state index contributed by atoms with van der Waals surface area (Å²) < 4.78 is 0. The SMILES string of the molecule is c1ccc([C@@H]2CCNCCN2)cc1. The lowest BCUT2D eigenvalue weighted by Gasteiger charge is -2.15. The van der Waals surface area contributed by atoms with E-state index in [2.05, 4.69) is 41.0 Å². The third-order valence-corrected chi connectivity index (χ3v) is 2.50. The van der Waals surface area contributed by atoms with Crippen LogP contribution in [-0.2, 0) is 0 Å². The first-order valence-electron chi connectivity index (χ1n) is 4.96. The van der Waals surface area contributed by atoms with Crippen LogP contribution in [0.25, 0.3) is 0 Å². The molecule has 1 heterocycles. The van der Waals surface area contributed by atoms with E-state index in [-0.39, 0.29) is 0 Å². The molecule has 1 saturated heterocycles. The van der Waals surface area contributed by atoms with Gasteiger partial charge in [0.1, 0.15) is 0 Å². The normalized spacial score (nSPS) is 23.8. The summed E-state index contributed by atoms with van der Waals surface area (Å²) in [5.41, 5.74) is 1.41. The number of nitrogens with one attached hydrogen (secondary N) is 2. The molecule has 13 heavy (non-hydrogen) atoms. The molecule has 0 aromatic heterocycles. The Kier molecular flexibility index (Phi) is 2.95. The van der Waals surface area contributed by atoms with Crippen molar-refractivity contribution in [2.45, 2.75) is 12.5 Å². The van der Waals surface area contributed by atoms with E-state index in [4.69, 9.17) is 0 Å². The highest BCUT2D eigenvalue weighted by Crippen LogP contribution is 2.16. The van der Waals surface area contributed by atoms with E-state index < -0.39 is 0 Å². The lowest BCUT2D eigenvalue weighted by molar-refractivity contribution is 0.549. The molecule has 0 saturated carbocycles. The van der Waals surface area contributed by atoms with Crippen LogP contribution in [-0.4, -0.2) is 19.6 Å². The van der Waals surface area contributed by atoms with Crippen LogP contribution in [0.1, 0.15) is 18.0 Å². The fraction of sp³-hybridized carbons (Fsp3) is 0.455. The van der Waals surface area contributed by atoms with Crippen LogP contribution >= 0.6 is 0 Å². The Bertz CT molecular complexity index is 238. The van der Waals surface area contributed by atoms with Crippen molar-refractivity contribution < 1.29 is 0 Å². The topological polar surface area (TPSA) is 24.1 Å².